The molecule has 8 heteroatoms. The van der Waals surface area contributed by atoms with Crippen LogP contribution in [0, 0.1) is 0 Å². The third kappa shape index (κ3) is 3.31. The molecule has 0 aliphatic rings. The Morgan fingerprint density at radius 3 is 2.59 bits per heavy atom. The van der Waals surface area contributed by atoms with Crippen molar-refractivity contribution in [1.29, 1.82) is 0 Å². The van der Waals surface area contributed by atoms with E-state index < -0.39 is 16.0 Å². The number of halogens is 1. The first-order valence-corrected chi connectivity index (χ1v) is 6.35. The number of aryl methyl sites for hydroxylation is 1. The van der Waals surface area contributed by atoms with Gasteiger partial charge in [-0.3, -0.25) is 0 Å². The summed E-state index contributed by atoms with van der Waals surface area (Å²) in [6, 6.07) is 9.09. The molecule has 0 atom stereocenters. The molecule has 1 aromatic heterocycles. The molecule has 17 heavy (non-hydrogen) atoms. The molecule has 6 nitrogen and oxygen atoms in total. The molecule has 0 fully saturated rings. The van der Waals surface area contributed by atoms with Crippen LogP contribution in [-0.4, -0.2) is 34.4 Å². The zero-order valence-corrected chi connectivity index (χ0v) is 9.51. The number of rotatable bonds is 4. The molecule has 0 aliphatic heterocycles. The number of hydrogen-bond acceptors (Lipinski definition) is 5. The van der Waals surface area contributed by atoms with Crippen LogP contribution in [0.1, 0.15) is 0 Å². The number of benzene rings is 1. The molecule has 0 aliphatic carbocycles. The van der Waals surface area contributed by atoms with Gasteiger partial charge >= 0.3 is 10.2 Å². The average molecular weight is 256 g/mol. The van der Waals surface area contributed by atoms with Crippen LogP contribution in [0.4, 0.5) is 3.89 Å². The van der Waals surface area contributed by atoms with E-state index in [-0.39, 0.29) is 6.54 Å². The highest BCUT2D eigenvalue weighted by Crippen LogP contribution is 2.11. The smallest absolute Gasteiger partial charge is 0.195 e. The fraction of sp³-hybridized carbons (Fsp3) is 0.222. The van der Waals surface area contributed by atoms with Gasteiger partial charge in [-0.1, -0.05) is 30.3 Å². The lowest BCUT2D eigenvalue weighted by molar-refractivity contribution is 0.516. The maximum atomic E-state index is 12.3. The Balaban J connectivity index is 2.12. The largest absolute Gasteiger partial charge is 0.304 e. The summed E-state index contributed by atoms with van der Waals surface area (Å²) in [4.78, 5) is 1.06. The number of nitrogens with zero attached hydrogens (tertiary/aromatic N) is 4. The van der Waals surface area contributed by atoms with Crippen molar-refractivity contribution in [1.82, 2.24) is 20.2 Å². The Hall–Kier alpha value is -1.83. The highest BCUT2D eigenvalue weighted by Gasteiger charge is 2.10. The van der Waals surface area contributed by atoms with Gasteiger partial charge in [0, 0.05) is 5.56 Å². The fourth-order valence-corrected chi connectivity index (χ4v) is 1.61. The second-order valence-corrected chi connectivity index (χ2v) is 4.80. The summed E-state index contributed by atoms with van der Waals surface area (Å²) >= 11 is 0. The van der Waals surface area contributed by atoms with Crippen molar-refractivity contribution in [2.75, 3.05) is 5.75 Å². The molecular formula is C9H9FN4O2S. The fourth-order valence-electron chi connectivity index (χ4n) is 1.23. The van der Waals surface area contributed by atoms with E-state index in [9.17, 15) is 12.3 Å². The maximum Gasteiger partial charge on any atom is 0.304 e. The average Bonchev–Trinajstić information content (AvgIpc) is 2.75. The standard InChI is InChI=1S/C9H9FN4O2S/c10-17(15,16)7-6-14-12-9(11-13-14)8-4-2-1-3-5-8/h1-5H,6-7H2. The minimum atomic E-state index is -4.51. The summed E-state index contributed by atoms with van der Waals surface area (Å²) < 4.78 is 32.9. The van der Waals surface area contributed by atoms with Crippen molar-refractivity contribution < 1.29 is 12.3 Å². The predicted molar refractivity (Wildman–Crippen MR) is 58.1 cm³/mol. The first-order chi connectivity index (χ1) is 8.04. The SMILES string of the molecule is O=S(=O)(F)CCn1nnc(-c2ccccc2)n1. The molecule has 2 rings (SSSR count). The predicted octanol–water partition coefficient (Wildman–Crippen LogP) is 0.639. The van der Waals surface area contributed by atoms with Gasteiger partial charge in [0.15, 0.2) is 0 Å². The molecule has 0 N–H and O–H groups in total. The van der Waals surface area contributed by atoms with Crippen molar-refractivity contribution in [3.05, 3.63) is 30.3 Å². The van der Waals surface area contributed by atoms with E-state index in [2.05, 4.69) is 15.4 Å². The lowest BCUT2D eigenvalue weighted by Gasteiger charge is -1.94. The number of hydrogen-bond donors (Lipinski definition) is 0. The van der Waals surface area contributed by atoms with E-state index in [4.69, 9.17) is 0 Å². The zero-order chi connectivity index (χ0) is 12.3. The van der Waals surface area contributed by atoms with E-state index in [0.29, 0.717) is 5.82 Å². The van der Waals surface area contributed by atoms with Crippen molar-refractivity contribution in [3.63, 3.8) is 0 Å². The van der Waals surface area contributed by atoms with Gasteiger partial charge in [-0.15, -0.1) is 14.1 Å². The molecule has 0 amide bonds. The second kappa shape index (κ2) is 4.58. The van der Waals surface area contributed by atoms with E-state index in [0.717, 1.165) is 10.4 Å². The molecule has 0 spiro atoms. The molecule has 1 heterocycles. The Morgan fingerprint density at radius 2 is 1.94 bits per heavy atom. The lowest BCUT2D eigenvalue weighted by atomic mass is 10.2. The van der Waals surface area contributed by atoms with E-state index >= 15 is 0 Å². The Morgan fingerprint density at radius 1 is 1.24 bits per heavy atom. The number of aromatic nitrogens is 4. The maximum absolute atomic E-state index is 12.3. The van der Waals surface area contributed by atoms with Crippen molar-refractivity contribution >= 4 is 10.2 Å². The van der Waals surface area contributed by atoms with E-state index in [1.54, 1.807) is 12.1 Å². The zero-order valence-electron chi connectivity index (χ0n) is 8.69. The lowest BCUT2D eigenvalue weighted by Crippen LogP contribution is -2.11. The van der Waals surface area contributed by atoms with Gasteiger partial charge in [0.1, 0.15) is 5.75 Å². The van der Waals surface area contributed by atoms with Crippen LogP contribution in [0.25, 0.3) is 11.4 Å². The van der Waals surface area contributed by atoms with E-state index in [1.165, 1.54) is 0 Å². The molecular weight excluding hydrogens is 247 g/mol. The summed E-state index contributed by atoms with van der Waals surface area (Å²) in [5, 5.41) is 11.3. The van der Waals surface area contributed by atoms with Crippen LogP contribution >= 0.6 is 0 Å². The quantitative estimate of drug-likeness (QED) is 0.750. The highest BCUT2D eigenvalue weighted by atomic mass is 32.3. The molecule has 1 aromatic carbocycles. The van der Waals surface area contributed by atoms with Gasteiger partial charge in [0.05, 0.1) is 6.54 Å². The topological polar surface area (TPSA) is 77.7 Å². The molecule has 0 bridgehead atoms. The molecule has 2 aromatic rings. The van der Waals surface area contributed by atoms with Gasteiger partial charge in [-0.25, -0.2) is 0 Å². The van der Waals surface area contributed by atoms with Crippen molar-refractivity contribution in [2.24, 2.45) is 0 Å². The van der Waals surface area contributed by atoms with Crippen molar-refractivity contribution in [2.45, 2.75) is 6.54 Å². The molecule has 0 saturated carbocycles. The third-order valence-corrected chi connectivity index (χ3v) is 2.69. The summed E-state index contributed by atoms with van der Waals surface area (Å²) in [5.74, 6) is -0.278. The molecule has 0 radical (unpaired) electrons. The van der Waals surface area contributed by atoms with E-state index in [1.807, 2.05) is 18.2 Å². The highest BCUT2D eigenvalue weighted by molar-refractivity contribution is 7.86. The van der Waals surface area contributed by atoms with Crippen LogP contribution < -0.4 is 0 Å². The summed E-state index contributed by atoms with van der Waals surface area (Å²) in [6.45, 7) is -0.154. The van der Waals surface area contributed by atoms with Crippen LogP contribution in [0.2, 0.25) is 0 Å². The van der Waals surface area contributed by atoms with Gasteiger partial charge in [-0.2, -0.15) is 13.2 Å². The Bertz CT molecular complexity index is 596. The molecule has 0 saturated heterocycles. The van der Waals surface area contributed by atoms with Crippen LogP contribution in [0.5, 0.6) is 0 Å². The first kappa shape index (κ1) is 11.6. The summed E-state index contributed by atoms with van der Waals surface area (Å²) in [7, 11) is -4.51. The minimum absolute atomic E-state index is 0.154. The summed E-state index contributed by atoms with van der Waals surface area (Å²) in [5.41, 5.74) is 0.766. The molecule has 0 unspecified atom stereocenters. The normalized spacial score (nSPS) is 11.6. The Labute approximate surface area is 97.3 Å². The molecule has 90 valence electrons. The van der Waals surface area contributed by atoms with Crippen LogP contribution in [-0.2, 0) is 16.8 Å². The van der Waals surface area contributed by atoms with Crippen molar-refractivity contribution in [3.8, 4) is 11.4 Å². The Kier molecular flexibility index (Phi) is 3.14. The summed E-state index contributed by atoms with van der Waals surface area (Å²) in [6.07, 6.45) is 0. The monoisotopic (exact) mass is 256 g/mol. The van der Waals surface area contributed by atoms with Crippen LogP contribution in [0.3, 0.4) is 0 Å². The second-order valence-electron chi connectivity index (χ2n) is 3.32. The van der Waals surface area contributed by atoms with Gasteiger partial charge in [0.25, 0.3) is 0 Å². The van der Waals surface area contributed by atoms with Gasteiger partial charge in [0.2, 0.25) is 5.82 Å². The third-order valence-electron chi connectivity index (χ3n) is 2.02. The number of tetrazole rings is 1. The van der Waals surface area contributed by atoms with Gasteiger partial charge in [-0.05, 0) is 5.21 Å². The van der Waals surface area contributed by atoms with Crippen LogP contribution in [0.15, 0.2) is 30.3 Å². The van der Waals surface area contributed by atoms with Gasteiger partial charge < -0.3 is 0 Å². The first-order valence-electron chi connectivity index (χ1n) is 4.80. The minimum Gasteiger partial charge on any atom is -0.195 e.